The van der Waals surface area contributed by atoms with Crippen LogP contribution in [0.5, 0.6) is 11.6 Å². The van der Waals surface area contributed by atoms with Crippen LogP contribution in [0.2, 0.25) is 0 Å². The van der Waals surface area contributed by atoms with E-state index >= 15 is 0 Å². The van der Waals surface area contributed by atoms with Crippen molar-refractivity contribution in [1.29, 1.82) is 0 Å². The minimum atomic E-state index is -0.724. The molecule has 8 heteroatoms. The lowest BCUT2D eigenvalue weighted by Crippen LogP contribution is -2.34. The molecule has 7 nitrogen and oxygen atoms in total. The molecule has 4 aromatic rings. The first kappa shape index (κ1) is 25.4. The first-order valence-electron chi connectivity index (χ1n) is 11.7. The molecule has 0 radical (unpaired) electrons. The number of halogens is 1. The number of aromatic nitrogens is 2. The first-order chi connectivity index (χ1) is 17.5. The molecular weight excluding hydrogens is 461 g/mol. The van der Waals surface area contributed by atoms with Gasteiger partial charge in [0.05, 0.1) is 37.7 Å². The lowest BCUT2D eigenvalue weighted by Gasteiger charge is -2.24. The normalized spacial score (nSPS) is 12.1. The number of ether oxygens (including phenoxy) is 2. The molecule has 0 aliphatic rings. The second-order valence-electron chi connectivity index (χ2n) is 8.41. The Kier molecular flexibility index (Phi) is 8.67. The van der Waals surface area contributed by atoms with E-state index in [9.17, 15) is 9.50 Å². The number of nitrogens with zero attached hydrogens (tertiary/aromatic N) is 3. The van der Waals surface area contributed by atoms with Gasteiger partial charge in [-0.1, -0.05) is 36.4 Å². The molecule has 0 saturated heterocycles. The van der Waals surface area contributed by atoms with Gasteiger partial charge in [0, 0.05) is 25.7 Å². The molecule has 1 N–H and O–H groups in total. The second kappa shape index (κ2) is 12.3. The quantitative estimate of drug-likeness (QED) is 0.205. The lowest BCUT2D eigenvalue weighted by molar-refractivity contribution is 0.0215. The third kappa shape index (κ3) is 6.69. The molecule has 0 saturated carbocycles. The van der Waals surface area contributed by atoms with Crippen LogP contribution in [0, 0.1) is 5.82 Å². The Bertz CT molecular complexity index is 1220. The Labute approximate surface area is 210 Å². The van der Waals surface area contributed by atoms with E-state index in [1.54, 1.807) is 29.2 Å². The molecule has 1 unspecified atom stereocenters. The van der Waals surface area contributed by atoms with Gasteiger partial charge in [-0.15, -0.1) is 6.58 Å². The van der Waals surface area contributed by atoms with Crippen LogP contribution in [0.3, 0.4) is 0 Å². The minimum Gasteiger partial charge on any atom is -0.468 e. The largest absolute Gasteiger partial charge is 0.468 e. The zero-order valence-electron chi connectivity index (χ0n) is 20.2. The maximum absolute atomic E-state index is 13.5. The fraction of sp³-hybridized carbons (Fsp3) is 0.250. The summed E-state index contributed by atoms with van der Waals surface area (Å²) >= 11 is 0. The summed E-state index contributed by atoms with van der Waals surface area (Å²) < 4.78 is 32.4. The maximum Gasteiger partial charge on any atom is 0.222 e. The van der Waals surface area contributed by atoms with Gasteiger partial charge in [0.25, 0.3) is 0 Å². The van der Waals surface area contributed by atoms with Crippen molar-refractivity contribution in [3.05, 3.63) is 103 Å². The zero-order valence-corrected chi connectivity index (χ0v) is 20.2. The summed E-state index contributed by atoms with van der Waals surface area (Å²) in [4.78, 5) is 2.06. The third-order valence-corrected chi connectivity index (χ3v) is 5.52. The summed E-state index contributed by atoms with van der Waals surface area (Å²) in [5.41, 5.74) is 2.53. The average molecular weight is 492 g/mol. The van der Waals surface area contributed by atoms with Crippen molar-refractivity contribution in [3.8, 4) is 22.9 Å². The molecule has 0 aliphatic carbocycles. The number of furan rings is 1. The lowest BCUT2D eigenvalue weighted by atomic mass is 10.1. The topological polar surface area (TPSA) is 72.9 Å². The Balaban J connectivity index is 1.67. The van der Waals surface area contributed by atoms with Crippen molar-refractivity contribution in [2.24, 2.45) is 7.05 Å². The molecule has 0 bridgehead atoms. The van der Waals surface area contributed by atoms with Gasteiger partial charge in [-0.2, -0.15) is 5.10 Å². The third-order valence-electron chi connectivity index (χ3n) is 5.52. The number of aliphatic hydroxyl groups excluding tert-OH is 1. The van der Waals surface area contributed by atoms with Crippen LogP contribution in [0.25, 0.3) is 11.3 Å². The SMILES string of the molecule is C=CCOCC(O)CN(Cc1ccco1)Cc1c(-c2ccccc2)nn(C)c1Oc1ccc(F)cc1. The van der Waals surface area contributed by atoms with Gasteiger partial charge in [-0.25, -0.2) is 9.07 Å². The minimum absolute atomic E-state index is 0.179. The van der Waals surface area contributed by atoms with Crippen molar-refractivity contribution >= 4 is 0 Å². The Hall–Kier alpha value is -3.72. The smallest absolute Gasteiger partial charge is 0.222 e. The molecular formula is C28H30FN3O4. The van der Waals surface area contributed by atoms with E-state index in [1.807, 2.05) is 49.5 Å². The highest BCUT2D eigenvalue weighted by molar-refractivity contribution is 5.65. The zero-order chi connectivity index (χ0) is 25.3. The van der Waals surface area contributed by atoms with Gasteiger partial charge >= 0.3 is 0 Å². The number of hydrogen-bond acceptors (Lipinski definition) is 6. The van der Waals surface area contributed by atoms with E-state index in [0.717, 1.165) is 22.6 Å². The van der Waals surface area contributed by atoms with Gasteiger partial charge in [0.15, 0.2) is 0 Å². The van der Waals surface area contributed by atoms with Crippen LogP contribution in [0.4, 0.5) is 4.39 Å². The van der Waals surface area contributed by atoms with Crippen molar-refractivity contribution in [1.82, 2.24) is 14.7 Å². The molecule has 2 aromatic heterocycles. The number of aliphatic hydroxyl groups is 1. The number of hydrogen-bond donors (Lipinski definition) is 1. The molecule has 0 amide bonds. The number of rotatable bonds is 13. The monoisotopic (exact) mass is 491 g/mol. The standard InChI is InChI=1S/C28H30FN3O4/c1-3-15-34-20-23(33)17-32(18-25-10-7-16-35-25)19-26-27(21-8-5-4-6-9-21)30-31(2)28(26)36-24-13-11-22(29)12-14-24/h3-14,16,23,33H,1,15,17-20H2,2H3. The van der Waals surface area contributed by atoms with E-state index in [4.69, 9.17) is 19.0 Å². The highest BCUT2D eigenvalue weighted by Gasteiger charge is 2.24. The van der Waals surface area contributed by atoms with Crippen LogP contribution in [-0.4, -0.2) is 45.6 Å². The van der Waals surface area contributed by atoms with E-state index in [0.29, 0.717) is 37.9 Å². The molecule has 2 aromatic carbocycles. The van der Waals surface area contributed by atoms with Crippen molar-refractivity contribution in [2.45, 2.75) is 19.2 Å². The predicted molar refractivity (Wildman–Crippen MR) is 135 cm³/mol. The van der Waals surface area contributed by atoms with Crippen molar-refractivity contribution in [2.75, 3.05) is 19.8 Å². The summed E-state index contributed by atoms with van der Waals surface area (Å²) in [5, 5.41) is 15.4. The van der Waals surface area contributed by atoms with Gasteiger partial charge in [-0.3, -0.25) is 4.90 Å². The first-order valence-corrected chi connectivity index (χ1v) is 11.7. The maximum atomic E-state index is 13.5. The predicted octanol–water partition coefficient (Wildman–Crippen LogP) is 5.18. The van der Waals surface area contributed by atoms with Crippen LogP contribution in [-0.2, 0) is 24.9 Å². The fourth-order valence-corrected chi connectivity index (χ4v) is 3.93. The average Bonchev–Trinajstić information content (AvgIpc) is 3.49. The summed E-state index contributed by atoms with van der Waals surface area (Å²) in [5.74, 6) is 1.45. The van der Waals surface area contributed by atoms with Crippen molar-refractivity contribution in [3.63, 3.8) is 0 Å². The van der Waals surface area contributed by atoms with Crippen LogP contribution in [0.1, 0.15) is 11.3 Å². The summed E-state index contributed by atoms with van der Waals surface area (Å²) in [6.45, 7) is 5.39. The molecule has 0 fully saturated rings. The second-order valence-corrected chi connectivity index (χ2v) is 8.41. The Morgan fingerprint density at radius 1 is 1.11 bits per heavy atom. The van der Waals surface area contributed by atoms with Gasteiger partial charge in [-0.05, 0) is 36.4 Å². The molecule has 36 heavy (non-hydrogen) atoms. The van der Waals surface area contributed by atoms with E-state index in [2.05, 4.69) is 11.5 Å². The summed E-state index contributed by atoms with van der Waals surface area (Å²) in [6, 6.07) is 19.4. The van der Waals surface area contributed by atoms with Gasteiger partial charge in [0.1, 0.15) is 23.0 Å². The molecule has 4 rings (SSSR count). The molecule has 1 atom stereocenters. The van der Waals surface area contributed by atoms with E-state index < -0.39 is 6.10 Å². The summed E-state index contributed by atoms with van der Waals surface area (Å²) in [7, 11) is 1.81. The fourth-order valence-electron chi connectivity index (χ4n) is 3.93. The van der Waals surface area contributed by atoms with Crippen molar-refractivity contribution < 1.29 is 23.4 Å². The van der Waals surface area contributed by atoms with Crippen LogP contribution >= 0.6 is 0 Å². The Morgan fingerprint density at radius 3 is 2.58 bits per heavy atom. The van der Waals surface area contributed by atoms with Crippen LogP contribution < -0.4 is 4.74 Å². The Morgan fingerprint density at radius 2 is 1.89 bits per heavy atom. The highest BCUT2D eigenvalue weighted by Crippen LogP contribution is 2.34. The van der Waals surface area contributed by atoms with E-state index in [-0.39, 0.29) is 12.4 Å². The van der Waals surface area contributed by atoms with Gasteiger partial charge < -0.3 is 19.0 Å². The van der Waals surface area contributed by atoms with E-state index in [1.165, 1.54) is 12.1 Å². The number of benzene rings is 2. The molecule has 188 valence electrons. The highest BCUT2D eigenvalue weighted by atomic mass is 19.1. The van der Waals surface area contributed by atoms with Crippen LogP contribution in [0.15, 0.2) is 90.1 Å². The molecule has 0 aliphatic heterocycles. The molecule has 0 spiro atoms. The molecule has 2 heterocycles. The number of aryl methyl sites for hydroxylation is 1. The van der Waals surface area contributed by atoms with Gasteiger partial charge in [0.2, 0.25) is 5.88 Å². The summed E-state index contributed by atoms with van der Waals surface area (Å²) in [6.07, 6.45) is 2.55.